The molecule has 0 radical (unpaired) electrons. The summed E-state index contributed by atoms with van der Waals surface area (Å²) < 4.78 is 0. The van der Waals surface area contributed by atoms with E-state index in [1.165, 1.54) is 11.1 Å². The summed E-state index contributed by atoms with van der Waals surface area (Å²) in [5.41, 5.74) is 4.38. The van der Waals surface area contributed by atoms with Crippen LogP contribution in [0.25, 0.3) is 0 Å². The molecule has 0 atom stereocenters. The molecule has 1 aliphatic heterocycles. The molecule has 0 saturated heterocycles. The molecule has 4 rings (SSSR count). The highest BCUT2D eigenvalue weighted by molar-refractivity contribution is 5.42. The van der Waals surface area contributed by atoms with Crippen molar-refractivity contribution in [2.24, 2.45) is 0 Å². The molecular formula is C19H23N3O. The number of nitrogens with one attached hydrogen (secondary N) is 2. The second-order valence-corrected chi connectivity index (χ2v) is 7.13. The molecule has 2 aromatic rings. The molecule has 4 nitrogen and oxygen atoms in total. The van der Waals surface area contributed by atoms with Gasteiger partial charge in [0.05, 0.1) is 16.7 Å². The van der Waals surface area contributed by atoms with Crippen LogP contribution in [0.4, 0.5) is 0 Å². The van der Waals surface area contributed by atoms with E-state index in [9.17, 15) is 4.79 Å². The van der Waals surface area contributed by atoms with Crippen LogP contribution >= 0.6 is 0 Å². The molecule has 1 aliphatic carbocycles. The monoisotopic (exact) mass is 309 g/mol. The van der Waals surface area contributed by atoms with Crippen molar-refractivity contribution in [3.05, 3.63) is 62.8 Å². The van der Waals surface area contributed by atoms with Crippen molar-refractivity contribution in [3.8, 4) is 0 Å². The summed E-state index contributed by atoms with van der Waals surface area (Å²) in [5, 5.41) is 3.25. The molecule has 1 aromatic heterocycles. The third-order valence-corrected chi connectivity index (χ3v) is 5.25. The molecule has 0 amide bonds. The lowest BCUT2D eigenvalue weighted by atomic mass is 9.90. The number of nitrogens with zero attached hydrogens (tertiary/aromatic N) is 1. The largest absolute Gasteiger partial charge is 0.312 e. The fourth-order valence-electron chi connectivity index (χ4n) is 3.56. The van der Waals surface area contributed by atoms with Crippen molar-refractivity contribution in [2.45, 2.75) is 51.0 Å². The second kappa shape index (κ2) is 5.31. The Labute approximate surface area is 136 Å². The number of hydrogen-bond donors (Lipinski definition) is 2. The minimum atomic E-state index is -0.0794. The average molecular weight is 309 g/mol. The molecule has 1 fully saturated rings. The van der Waals surface area contributed by atoms with Crippen molar-refractivity contribution < 1.29 is 0 Å². The SMILES string of the molecule is CC(C)c1cccc(C2(c3nc4c(c(=O)[nH]3)CNCC4)CC2)c1. The van der Waals surface area contributed by atoms with E-state index < -0.39 is 0 Å². The fourth-order valence-corrected chi connectivity index (χ4v) is 3.56. The van der Waals surface area contributed by atoms with E-state index in [1.807, 2.05) is 0 Å². The van der Waals surface area contributed by atoms with E-state index in [4.69, 9.17) is 4.98 Å². The van der Waals surface area contributed by atoms with Gasteiger partial charge in [0, 0.05) is 19.5 Å². The number of benzene rings is 1. The zero-order valence-corrected chi connectivity index (χ0v) is 13.8. The van der Waals surface area contributed by atoms with Crippen LogP contribution in [-0.4, -0.2) is 16.5 Å². The summed E-state index contributed by atoms with van der Waals surface area (Å²) in [7, 11) is 0. The van der Waals surface area contributed by atoms with Gasteiger partial charge in [-0.05, 0) is 29.9 Å². The standard InChI is InChI=1S/C19H23N3O/c1-12(2)13-4-3-5-14(10-13)19(7-8-19)18-21-16-6-9-20-11-15(16)17(23)22-18/h3-5,10,12,20H,6-9,11H2,1-2H3,(H,21,22,23). The third-order valence-electron chi connectivity index (χ3n) is 5.25. The third kappa shape index (κ3) is 2.41. The van der Waals surface area contributed by atoms with E-state index in [0.717, 1.165) is 42.9 Å². The van der Waals surface area contributed by atoms with Crippen LogP contribution < -0.4 is 10.9 Å². The summed E-state index contributed by atoms with van der Waals surface area (Å²) in [4.78, 5) is 20.4. The zero-order valence-electron chi connectivity index (χ0n) is 13.8. The smallest absolute Gasteiger partial charge is 0.255 e. The van der Waals surface area contributed by atoms with Gasteiger partial charge in [-0.25, -0.2) is 4.98 Å². The quantitative estimate of drug-likeness (QED) is 0.916. The van der Waals surface area contributed by atoms with Gasteiger partial charge in [0.2, 0.25) is 0 Å². The first-order valence-electron chi connectivity index (χ1n) is 8.54. The lowest BCUT2D eigenvalue weighted by molar-refractivity contribution is 0.604. The summed E-state index contributed by atoms with van der Waals surface area (Å²) in [6, 6.07) is 8.78. The summed E-state index contributed by atoms with van der Waals surface area (Å²) in [5.74, 6) is 1.37. The highest BCUT2D eigenvalue weighted by Crippen LogP contribution is 2.52. The van der Waals surface area contributed by atoms with E-state index in [2.05, 4.69) is 48.4 Å². The van der Waals surface area contributed by atoms with Gasteiger partial charge in [0.15, 0.2) is 0 Å². The Morgan fingerprint density at radius 2 is 2.09 bits per heavy atom. The fraction of sp³-hybridized carbons (Fsp3) is 0.474. The van der Waals surface area contributed by atoms with Crippen molar-refractivity contribution in [1.82, 2.24) is 15.3 Å². The van der Waals surface area contributed by atoms with E-state index in [1.54, 1.807) is 0 Å². The van der Waals surface area contributed by atoms with Crippen LogP contribution in [0.1, 0.15) is 60.8 Å². The molecule has 0 spiro atoms. The molecule has 4 heteroatoms. The Hall–Kier alpha value is -1.94. The lowest BCUT2D eigenvalue weighted by Gasteiger charge is -2.21. The van der Waals surface area contributed by atoms with Gasteiger partial charge < -0.3 is 10.3 Å². The molecule has 2 aliphatic rings. The molecule has 1 aromatic carbocycles. The molecule has 1 saturated carbocycles. The van der Waals surface area contributed by atoms with Crippen molar-refractivity contribution in [2.75, 3.05) is 6.54 Å². The maximum atomic E-state index is 12.4. The van der Waals surface area contributed by atoms with Gasteiger partial charge in [0.1, 0.15) is 5.82 Å². The van der Waals surface area contributed by atoms with Crippen LogP contribution in [0.15, 0.2) is 29.1 Å². The molecule has 0 unspecified atom stereocenters. The van der Waals surface area contributed by atoms with E-state index >= 15 is 0 Å². The van der Waals surface area contributed by atoms with Crippen LogP contribution in [0.2, 0.25) is 0 Å². The Kier molecular flexibility index (Phi) is 3.38. The Bertz CT molecular complexity index is 803. The van der Waals surface area contributed by atoms with Crippen molar-refractivity contribution >= 4 is 0 Å². The first kappa shape index (κ1) is 14.6. The average Bonchev–Trinajstić information content (AvgIpc) is 3.37. The lowest BCUT2D eigenvalue weighted by Crippen LogP contribution is -2.33. The van der Waals surface area contributed by atoms with E-state index in [0.29, 0.717) is 12.5 Å². The highest BCUT2D eigenvalue weighted by atomic mass is 16.1. The summed E-state index contributed by atoms with van der Waals surface area (Å²) in [6.45, 7) is 5.96. The number of H-pyrrole nitrogens is 1. The Morgan fingerprint density at radius 1 is 1.26 bits per heavy atom. The van der Waals surface area contributed by atoms with Gasteiger partial charge in [-0.3, -0.25) is 4.79 Å². The van der Waals surface area contributed by atoms with Gasteiger partial charge in [-0.2, -0.15) is 0 Å². The van der Waals surface area contributed by atoms with Gasteiger partial charge >= 0.3 is 0 Å². The Balaban J connectivity index is 1.79. The number of hydrogen-bond acceptors (Lipinski definition) is 3. The minimum Gasteiger partial charge on any atom is -0.312 e. The number of aromatic amines is 1. The maximum Gasteiger partial charge on any atom is 0.255 e. The topological polar surface area (TPSA) is 57.8 Å². The maximum absolute atomic E-state index is 12.4. The van der Waals surface area contributed by atoms with Crippen LogP contribution in [0, 0.1) is 0 Å². The van der Waals surface area contributed by atoms with Gasteiger partial charge in [-0.15, -0.1) is 0 Å². The van der Waals surface area contributed by atoms with Gasteiger partial charge in [-0.1, -0.05) is 38.1 Å². The Morgan fingerprint density at radius 3 is 2.83 bits per heavy atom. The first-order chi connectivity index (χ1) is 11.1. The number of aromatic nitrogens is 2. The molecule has 2 heterocycles. The zero-order chi connectivity index (χ0) is 16.0. The molecule has 2 N–H and O–H groups in total. The normalized spacial score (nSPS) is 18.7. The highest BCUT2D eigenvalue weighted by Gasteiger charge is 2.48. The van der Waals surface area contributed by atoms with Crippen molar-refractivity contribution in [1.29, 1.82) is 0 Å². The van der Waals surface area contributed by atoms with Crippen LogP contribution in [0.3, 0.4) is 0 Å². The van der Waals surface area contributed by atoms with Crippen LogP contribution in [0.5, 0.6) is 0 Å². The van der Waals surface area contributed by atoms with Gasteiger partial charge in [0.25, 0.3) is 5.56 Å². The minimum absolute atomic E-state index is 0.0310. The number of rotatable bonds is 3. The predicted octanol–water partition coefficient (Wildman–Crippen LogP) is 2.62. The number of fused-ring (bicyclic) bond motifs is 1. The second-order valence-electron chi connectivity index (χ2n) is 7.13. The molecule has 23 heavy (non-hydrogen) atoms. The first-order valence-corrected chi connectivity index (χ1v) is 8.54. The summed E-state index contributed by atoms with van der Waals surface area (Å²) in [6.07, 6.45) is 2.97. The van der Waals surface area contributed by atoms with Crippen LogP contribution in [-0.2, 0) is 18.4 Å². The molecule has 0 bridgehead atoms. The van der Waals surface area contributed by atoms with E-state index in [-0.39, 0.29) is 11.0 Å². The summed E-state index contributed by atoms with van der Waals surface area (Å²) >= 11 is 0. The molecular weight excluding hydrogens is 286 g/mol. The van der Waals surface area contributed by atoms with Crippen molar-refractivity contribution in [3.63, 3.8) is 0 Å². The molecule has 120 valence electrons. The predicted molar refractivity (Wildman–Crippen MR) is 90.8 cm³/mol.